The van der Waals surface area contributed by atoms with E-state index < -0.39 is 0 Å². The highest BCUT2D eigenvalue weighted by Crippen LogP contribution is 2.48. The molecule has 0 aromatic rings. The molecule has 2 aliphatic rings. The molecule has 184 valence electrons. The quantitative estimate of drug-likeness (QED) is 0.390. The molecule has 2 saturated heterocycles. The summed E-state index contributed by atoms with van der Waals surface area (Å²) in [4.78, 5) is 5.22. The maximum atomic E-state index is 5.76. The fourth-order valence-corrected chi connectivity index (χ4v) is 6.17. The molecule has 0 N–H and O–H groups in total. The third-order valence-electron chi connectivity index (χ3n) is 8.01. The van der Waals surface area contributed by atoms with Crippen LogP contribution in [0, 0.1) is 22.7 Å². The van der Waals surface area contributed by atoms with Gasteiger partial charge in [0.2, 0.25) is 0 Å². The van der Waals surface area contributed by atoms with Crippen molar-refractivity contribution < 1.29 is 9.47 Å². The van der Waals surface area contributed by atoms with Crippen LogP contribution >= 0.6 is 0 Å². The molecular weight excluding hydrogens is 384 g/mol. The molecule has 0 saturated carbocycles. The predicted molar refractivity (Wildman–Crippen MR) is 133 cm³/mol. The van der Waals surface area contributed by atoms with E-state index in [1.54, 1.807) is 0 Å². The topological polar surface area (TPSA) is 24.9 Å². The third-order valence-corrected chi connectivity index (χ3v) is 8.01. The number of nitrogens with zero attached hydrogens (tertiary/aromatic N) is 2. The molecule has 2 heterocycles. The van der Waals surface area contributed by atoms with Crippen molar-refractivity contribution in [3.8, 4) is 0 Å². The van der Waals surface area contributed by atoms with E-state index in [9.17, 15) is 0 Å². The molecule has 2 rings (SSSR count). The highest BCUT2D eigenvalue weighted by atomic mass is 16.5. The predicted octanol–water partition coefficient (Wildman–Crippen LogP) is 5.70. The molecule has 4 heteroatoms. The lowest BCUT2D eigenvalue weighted by atomic mass is 9.61. The maximum absolute atomic E-state index is 5.76. The number of likely N-dealkylation sites (tertiary alicyclic amines) is 2. The molecule has 0 atom stereocenters. The number of rotatable bonds is 12. The highest BCUT2D eigenvalue weighted by molar-refractivity contribution is 4.92. The molecule has 0 unspecified atom stereocenters. The van der Waals surface area contributed by atoms with Crippen LogP contribution in [0.5, 0.6) is 0 Å². The second-order valence-corrected chi connectivity index (χ2v) is 12.2. The van der Waals surface area contributed by atoms with E-state index in [0.717, 1.165) is 38.1 Å². The number of ether oxygens (including phenoxy) is 2. The lowest BCUT2D eigenvalue weighted by Crippen LogP contribution is -2.44. The van der Waals surface area contributed by atoms with Crippen molar-refractivity contribution in [2.45, 2.75) is 99.7 Å². The van der Waals surface area contributed by atoms with Crippen LogP contribution in [-0.4, -0.2) is 74.5 Å². The summed E-state index contributed by atoms with van der Waals surface area (Å²) in [6.45, 7) is 27.6. The minimum absolute atomic E-state index is 0.346. The monoisotopic (exact) mass is 438 g/mol. The molecule has 31 heavy (non-hydrogen) atoms. The van der Waals surface area contributed by atoms with Gasteiger partial charge in [0.15, 0.2) is 0 Å². The Morgan fingerprint density at radius 3 is 1.26 bits per heavy atom. The van der Waals surface area contributed by atoms with E-state index in [4.69, 9.17) is 9.47 Å². The SMILES string of the molecule is CC(C)OCCN1CCC(C(C)(C)CC(C)(C)C2CCN(CCOC(C)C)CC2)CC1. The van der Waals surface area contributed by atoms with Gasteiger partial charge in [0, 0.05) is 13.1 Å². The fourth-order valence-electron chi connectivity index (χ4n) is 6.17. The zero-order valence-electron chi connectivity index (χ0n) is 22.2. The highest BCUT2D eigenvalue weighted by Gasteiger charge is 2.40. The Morgan fingerprint density at radius 1 is 0.645 bits per heavy atom. The van der Waals surface area contributed by atoms with Crippen molar-refractivity contribution in [2.24, 2.45) is 22.7 Å². The van der Waals surface area contributed by atoms with Crippen LogP contribution in [-0.2, 0) is 9.47 Å². The van der Waals surface area contributed by atoms with Gasteiger partial charge in [0.25, 0.3) is 0 Å². The van der Waals surface area contributed by atoms with E-state index >= 15 is 0 Å². The summed E-state index contributed by atoms with van der Waals surface area (Å²) >= 11 is 0. The van der Waals surface area contributed by atoms with Crippen molar-refractivity contribution >= 4 is 0 Å². The Morgan fingerprint density at radius 2 is 0.968 bits per heavy atom. The van der Waals surface area contributed by atoms with Crippen LogP contribution in [0.25, 0.3) is 0 Å². The second kappa shape index (κ2) is 12.3. The Balaban J connectivity index is 1.75. The molecule has 0 bridgehead atoms. The molecule has 0 spiro atoms. The Kier molecular flexibility index (Phi) is 10.8. The van der Waals surface area contributed by atoms with Gasteiger partial charge in [0.1, 0.15) is 0 Å². The van der Waals surface area contributed by atoms with Crippen LogP contribution in [0.15, 0.2) is 0 Å². The lowest BCUT2D eigenvalue weighted by molar-refractivity contribution is 0.00499. The molecule has 2 fully saturated rings. The summed E-state index contributed by atoms with van der Waals surface area (Å²) in [5, 5.41) is 0. The van der Waals surface area contributed by atoms with Gasteiger partial charge < -0.3 is 19.3 Å². The molecular formula is C27H54N2O2. The van der Waals surface area contributed by atoms with Crippen LogP contribution in [0.3, 0.4) is 0 Å². The van der Waals surface area contributed by atoms with Crippen molar-refractivity contribution in [3.63, 3.8) is 0 Å². The van der Waals surface area contributed by atoms with Gasteiger partial charge in [-0.05, 0) is 109 Å². The number of hydrogen-bond acceptors (Lipinski definition) is 4. The van der Waals surface area contributed by atoms with E-state index in [2.05, 4.69) is 65.2 Å². The summed E-state index contributed by atoms with van der Waals surface area (Å²) in [7, 11) is 0. The Bertz CT molecular complexity index is 443. The van der Waals surface area contributed by atoms with Crippen LogP contribution in [0.4, 0.5) is 0 Å². The molecule has 4 nitrogen and oxygen atoms in total. The van der Waals surface area contributed by atoms with E-state index in [0.29, 0.717) is 23.0 Å². The van der Waals surface area contributed by atoms with Crippen molar-refractivity contribution in [1.82, 2.24) is 9.80 Å². The first-order valence-electron chi connectivity index (χ1n) is 13.2. The van der Waals surface area contributed by atoms with Crippen LogP contribution in [0.1, 0.15) is 87.5 Å². The first-order valence-corrected chi connectivity index (χ1v) is 13.2. The van der Waals surface area contributed by atoms with Gasteiger partial charge in [-0.15, -0.1) is 0 Å². The average molecular weight is 439 g/mol. The summed E-state index contributed by atoms with van der Waals surface area (Å²) < 4.78 is 11.5. The van der Waals surface area contributed by atoms with E-state index in [1.165, 1.54) is 58.3 Å². The van der Waals surface area contributed by atoms with E-state index in [-0.39, 0.29) is 0 Å². The van der Waals surface area contributed by atoms with Crippen molar-refractivity contribution in [2.75, 3.05) is 52.5 Å². The molecule has 0 aromatic heterocycles. The van der Waals surface area contributed by atoms with Gasteiger partial charge in [-0.2, -0.15) is 0 Å². The van der Waals surface area contributed by atoms with Gasteiger partial charge in [-0.3, -0.25) is 0 Å². The van der Waals surface area contributed by atoms with Crippen molar-refractivity contribution in [3.05, 3.63) is 0 Å². The van der Waals surface area contributed by atoms with E-state index in [1.807, 2.05) is 0 Å². The largest absolute Gasteiger partial charge is 0.377 e. The Labute approximate surface area is 194 Å². The zero-order valence-corrected chi connectivity index (χ0v) is 22.2. The standard InChI is InChI=1S/C27H54N2O2/c1-22(2)30-19-17-28-13-9-24(10-14-28)26(5,6)21-27(7,8)25-11-15-29(16-12-25)18-20-31-23(3)4/h22-25H,9-21H2,1-8H3. The Hall–Kier alpha value is -0.160. The lowest BCUT2D eigenvalue weighted by Gasteiger charge is -2.48. The van der Waals surface area contributed by atoms with Gasteiger partial charge >= 0.3 is 0 Å². The minimum atomic E-state index is 0.346. The summed E-state index contributed by atoms with van der Waals surface area (Å²) in [6, 6.07) is 0. The molecule has 0 aromatic carbocycles. The maximum Gasteiger partial charge on any atom is 0.0596 e. The smallest absolute Gasteiger partial charge is 0.0596 e. The molecule has 0 amide bonds. The summed E-state index contributed by atoms with van der Waals surface area (Å²) in [5.74, 6) is 1.70. The average Bonchev–Trinajstić information content (AvgIpc) is 2.67. The molecule has 0 aliphatic carbocycles. The third kappa shape index (κ3) is 9.31. The number of piperidine rings is 2. The van der Waals surface area contributed by atoms with Gasteiger partial charge in [-0.1, -0.05) is 27.7 Å². The summed E-state index contributed by atoms with van der Waals surface area (Å²) in [5.41, 5.74) is 0.846. The second-order valence-electron chi connectivity index (χ2n) is 12.2. The molecule has 2 aliphatic heterocycles. The van der Waals surface area contributed by atoms with Gasteiger partial charge in [0.05, 0.1) is 25.4 Å². The van der Waals surface area contributed by atoms with Crippen molar-refractivity contribution in [1.29, 1.82) is 0 Å². The van der Waals surface area contributed by atoms with Crippen LogP contribution < -0.4 is 0 Å². The fraction of sp³-hybridized carbons (Fsp3) is 1.00. The minimum Gasteiger partial charge on any atom is -0.377 e. The zero-order chi connectivity index (χ0) is 23.1. The first-order chi connectivity index (χ1) is 14.5. The van der Waals surface area contributed by atoms with Crippen LogP contribution in [0.2, 0.25) is 0 Å². The number of hydrogen-bond donors (Lipinski definition) is 0. The summed E-state index contributed by atoms with van der Waals surface area (Å²) in [6.07, 6.45) is 7.43. The normalized spacial score (nSPS) is 21.5. The van der Waals surface area contributed by atoms with Gasteiger partial charge in [-0.25, -0.2) is 0 Å². The molecule has 0 radical (unpaired) electrons. The first kappa shape index (κ1) is 27.1.